The predicted octanol–water partition coefficient (Wildman–Crippen LogP) is 4.14. The monoisotopic (exact) mass is 324 g/mol. The Labute approximate surface area is 133 Å². The first-order valence-corrected chi connectivity index (χ1v) is 7.37. The fourth-order valence-corrected chi connectivity index (χ4v) is 3.04. The zero-order chi connectivity index (χ0) is 14.8. The van der Waals surface area contributed by atoms with E-state index in [9.17, 15) is 5.11 Å². The van der Waals surface area contributed by atoms with Gasteiger partial charge in [-0.25, -0.2) is 0 Å². The minimum Gasteiger partial charge on any atom is -0.394 e. The summed E-state index contributed by atoms with van der Waals surface area (Å²) < 4.78 is 11.7. The van der Waals surface area contributed by atoms with E-state index in [0.717, 1.165) is 5.56 Å². The number of ether oxygens (including phenoxy) is 2. The van der Waals surface area contributed by atoms with Gasteiger partial charge in [0.15, 0.2) is 6.29 Å². The Kier molecular flexibility index (Phi) is 4.48. The molecule has 0 spiro atoms. The van der Waals surface area contributed by atoms with Crippen molar-refractivity contribution in [1.29, 1.82) is 0 Å². The molecule has 0 bridgehead atoms. The van der Waals surface area contributed by atoms with Crippen LogP contribution < -0.4 is 0 Å². The van der Waals surface area contributed by atoms with Crippen LogP contribution in [0.25, 0.3) is 0 Å². The molecule has 1 aliphatic rings. The van der Waals surface area contributed by atoms with Gasteiger partial charge in [0.1, 0.15) is 12.2 Å². The zero-order valence-corrected chi connectivity index (χ0v) is 12.6. The van der Waals surface area contributed by atoms with E-state index >= 15 is 0 Å². The fourth-order valence-electron chi connectivity index (χ4n) is 2.43. The summed E-state index contributed by atoms with van der Waals surface area (Å²) >= 11 is 12.4. The highest BCUT2D eigenvalue weighted by atomic mass is 35.5. The van der Waals surface area contributed by atoms with Gasteiger partial charge in [-0.05, 0) is 12.1 Å². The van der Waals surface area contributed by atoms with Crippen LogP contribution in [0.15, 0.2) is 48.5 Å². The SMILES string of the molecule is OCC1OC(c2ccccc2)OC1c1c(Cl)cccc1Cl. The number of hydrogen-bond acceptors (Lipinski definition) is 3. The zero-order valence-electron chi connectivity index (χ0n) is 11.1. The lowest BCUT2D eigenvalue weighted by molar-refractivity contribution is -0.0739. The molecule has 110 valence electrons. The van der Waals surface area contributed by atoms with Crippen molar-refractivity contribution in [2.75, 3.05) is 6.61 Å². The Hall–Kier alpha value is -1.10. The Bertz CT molecular complexity index is 598. The van der Waals surface area contributed by atoms with Crippen molar-refractivity contribution in [2.45, 2.75) is 18.5 Å². The molecule has 3 rings (SSSR count). The molecule has 0 aliphatic carbocycles. The van der Waals surface area contributed by atoms with Gasteiger partial charge < -0.3 is 14.6 Å². The average molecular weight is 325 g/mol. The maximum absolute atomic E-state index is 9.55. The lowest BCUT2D eigenvalue weighted by Gasteiger charge is -2.17. The second kappa shape index (κ2) is 6.34. The molecule has 3 unspecified atom stereocenters. The van der Waals surface area contributed by atoms with Crippen molar-refractivity contribution in [3.63, 3.8) is 0 Å². The highest BCUT2D eigenvalue weighted by molar-refractivity contribution is 6.36. The molecule has 3 nitrogen and oxygen atoms in total. The largest absolute Gasteiger partial charge is 0.394 e. The molecule has 0 saturated carbocycles. The van der Waals surface area contributed by atoms with Gasteiger partial charge in [0.2, 0.25) is 0 Å². The highest BCUT2D eigenvalue weighted by Gasteiger charge is 2.39. The summed E-state index contributed by atoms with van der Waals surface area (Å²) in [6.07, 6.45) is -1.55. The molecule has 21 heavy (non-hydrogen) atoms. The van der Waals surface area contributed by atoms with Crippen LogP contribution in [0.2, 0.25) is 10.0 Å². The van der Waals surface area contributed by atoms with E-state index in [1.807, 2.05) is 30.3 Å². The molecule has 1 heterocycles. The van der Waals surface area contributed by atoms with E-state index in [4.69, 9.17) is 32.7 Å². The molecule has 1 saturated heterocycles. The van der Waals surface area contributed by atoms with Crippen molar-refractivity contribution in [2.24, 2.45) is 0 Å². The Balaban J connectivity index is 1.92. The Morgan fingerprint density at radius 2 is 1.57 bits per heavy atom. The molecule has 3 atom stereocenters. The number of hydrogen-bond donors (Lipinski definition) is 1. The standard InChI is InChI=1S/C16H14Cl2O3/c17-11-7-4-8-12(18)14(11)15-13(9-19)20-16(21-15)10-5-2-1-3-6-10/h1-8,13,15-16,19H,9H2. The number of aliphatic hydroxyl groups excluding tert-OH is 1. The van der Waals surface area contributed by atoms with Crippen molar-refractivity contribution in [1.82, 2.24) is 0 Å². The smallest absolute Gasteiger partial charge is 0.185 e. The van der Waals surface area contributed by atoms with Crippen LogP contribution in [0.1, 0.15) is 23.5 Å². The van der Waals surface area contributed by atoms with Gasteiger partial charge in [-0.2, -0.15) is 0 Å². The minimum absolute atomic E-state index is 0.171. The van der Waals surface area contributed by atoms with E-state index in [0.29, 0.717) is 15.6 Å². The summed E-state index contributed by atoms with van der Waals surface area (Å²) in [4.78, 5) is 0. The third-order valence-electron chi connectivity index (χ3n) is 3.44. The third kappa shape index (κ3) is 2.93. The summed E-state index contributed by atoms with van der Waals surface area (Å²) in [5.41, 5.74) is 1.54. The molecule has 1 fully saturated rings. The second-order valence-electron chi connectivity index (χ2n) is 4.79. The summed E-state index contributed by atoms with van der Waals surface area (Å²) in [5.74, 6) is 0. The first-order chi connectivity index (χ1) is 10.2. The van der Waals surface area contributed by atoms with Crippen molar-refractivity contribution >= 4 is 23.2 Å². The predicted molar refractivity (Wildman–Crippen MR) is 81.4 cm³/mol. The number of rotatable bonds is 3. The molecule has 0 radical (unpaired) electrons. The number of aliphatic hydroxyl groups is 1. The van der Waals surface area contributed by atoms with Crippen LogP contribution in [0.3, 0.4) is 0 Å². The molecule has 2 aromatic carbocycles. The first kappa shape index (κ1) is 14.8. The van der Waals surface area contributed by atoms with E-state index in [1.54, 1.807) is 18.2 Å². The molecule has 0 amide bonds. The third-order valence-corrected chi connectivity index (χ3v) is 4.10. The summed E-state index contributed by atoms with van der Waals surface area (Å²) in [6, 6.07) is 14.8. The fraction of sp³-hybridized carbons (Fsp3) is 0.250. The molecular weight excluding hydrogens is 311 g/mol. The van der Waals surface area contributed by atoms with Gasteiger partial charge in [0.25, 0.3) is 0 Å². The lowest BCUT2D eigenvalue weighted by Crippen LogP contribution is -2.20. The summed E-state index contributed by atoms with van der Waals surface area (Å²) in [5, 5.41) is 10.6. The Morgan fingerprint density at radius 3 is 2.19 bits per heavy atom. The van der Waals surface area contributed by atoms with Crippen molar-refractivity contribution in [3.05, 3.63) is 69.7 Å². The minimum atomic E-state index is -0.541. The molecule has 2 aromatic rings. The second-order valence-corrected chi connectivity index (χ2v) is 5.61. The van der Waals surface area contributed by atoms with E-state index in [1.165, 1.54) is 0 Å². The van der Waals surface area contributed by atoms with Gasteiger partial charge in [0.05, 0.1) is 6.61 Å². The van der Waals surface area contributed by atoms with Crippen molar-refractivity contribution < 1.29 is 14.6 Å². The number of halogens is 2. The normalized spacial score (nSPS) is 25.2. The molecular formula is C16H14Cl2O3. The molecule has 5 heteroatoms. The lowest BCUT2D eigenvalue weighted by atomic mass is 10.0. The van der Waals surface area contributed by atoms with Crippen LogP contribution >= 0.6 is 23.2 Å². The summed E-state index contributed by atoms with van der Waals surface area (Å²) in [7, 11) is 0. The molecule has 0 aromatic heterocycles. The van der Waals surface area contributed by atoms with Crippen LogP contribution in [0, 0.1) is 0 Å². The van der Waals surface area contributed by atoms with Crippen molar-refractivity contribution in [3.8, 4) is 0 Å². The highest BCUT2D eigenvalue weighted by Crippen LogP contribution is 2.44. The maximum Gasteiger partial charge on any atom is 0.185 e. The quantitative estimate of drug-likeness (QED) is 0.922. The van der Waals surface area contributed by atoms with E-state index in [-0.39, 0.29) is 6.61 Å². The van der Waals surface area contributed by atoms with Gasteiger partial charge >= 0.3 is 0 Å². The van der Waals surface area contributed by atoms with Crippen LogP contribution in [0.5, 0.6) is 0 Å². The summed E-state index contributed by atoms with van der Waals surface area (Å²) in [6.45, 7) is -0.171. The molecule has 1 aliphatic heterocycles. The topological polar surface area (TPSA) is 38.7 Å². The van der Waals surface area contributed by atoms with Gasteiger partial charge in [-0.3, -0.25) is 0 Å². The van der Waals surface area contributed by atoms with Gasteiger partial charge in [0, 0.05) is 21.2 Å². The Morgan fingerprint density at radius 1 is 0.905 bits per heavy atom. The van der Waals surface area contributed by atoms with E-state index < -0.39 is 18.5 Å². The maximum atomic E-state index is 9.55. The first-order valence-electron chi connectivity index (χ1n) is 6.61. The van der Waals surface area contributed by atoms with Crippen LogP contribution in [0.4, 0.5) is 0 Å². The van der Waals surface area contributed by atoms with E-state index in [2.05, 4.69) is 0 Å². The van der Waals surface area contributed by atoms with Gasteiger partial charge in [-0.15, -0.1) is 0 Å². The van der Waals surface area contributed by atoms with Gasteiger partial charge in [-0.1, -0.05) is 59.6 Å². The van der Waals surface area contributed by atoms with Crippen LogP contribution in [-0.2, 0) is 9.47 Å². The van der Waals surface area contributed by atoms with Crippen LogP contribution in [-0.4, -0.2) is 17.8 Å². The molecule has 1 N–H and O–H groups in total. The number of benzene rings is 2. The average Bonchev–Trinajstić information content (AvgIpc) is 2.92.